The van der Waals surface area contributed by atoms with Crippen molar-refractivity contribution in [2.45, 2.75) is 57.8 Å². The minimum Gasteiger partial charge on any atom is -0.255 e. The largest absolute Gasteiger partial charge is 0.255 e. The van der Waals surface area contributed by atoms with Gasteiger partial charge in [0.15, 0.2) is 0 Å². The third kappa shape index (κ3) is 3.33. The number of rotatable bonds is 7. The van der Waals surface area contributed by atoms with Crippen LogP contribution in [0.1, 0.15) is 63.5 Å². The van der Waals surface area contributed by atoms with Crippen LogP contribution in [0.2, 0.25) is 0 Å². The molecule has 1 nitrogen and oxygen atoms in total. The average molecular weight is 434 g/mol. The molecule has 0 unspecified atom stereocenters. The topological polar surface area (TPSA) is 12.9 Å². The zero-order valence-electron chi connectivity index (χ0n) is 16.8. The zero-order valence-corrected chi connectivity index (χ0v) is 18.4. The number of benzene rings is 2. The SMILES string of the molecule is CCCCC1(CCCC)c2ccccc2-c2ccc(-c3ccc(Br)cn3)cc21. The summed E-state index contributed by atoms with van der Waals surface area (Å²) < 4.78 is 1.02. The van der Waals surface area contributed by atoms with Gasteiger partial charge in [0.25, 0.3) is 0 Å². The molecular formula is C26H28BrN. The smallest absolute Gasteiger partial charge is 0.0702 e. The molecule has 0 saturated carbocycles. The van der Waals surface area contributed by atoms with Gasteiger partial charge in [-0.2, -0.15) is 0 Å². The normalized spacial score (nSPS) is 14.0. The van der Waals surface area contributed by atoms with Crippen molar-refractivity contribution in [2.24, 2.45) is 0 Å². The van der Waals surface area contributed by atoms with Crippen LogP contribution in [-0.4, -0.2) is 4.98 Å². The van der Waals surface area contributed by atoms with E-state index in [0.29, 0.717) is 0 Å². The third-order valence-corrected chi connectivity index (χ3v) is 6.67. The summed E-state index contributed by atoms with van der Waals surface area (Å²) in [6, 6.07) is 20.3. The van der Waals surface area contributed by atoms with Gasteiger partial charge in [-0.15, -0.1) is 0 Å². The van der Waals surface area contributed by atoms with Gasteiger partial charge in [0.2, 0.25) is 0 Å². The summed E-state index contributed by atoms with van der Waals surface area (Å²) in [6.07, 6.45) is 9.34. The number of pyridine rings is 1. The Morgan fingerprint density at radius 3 is 2.21 bits per heavy atom. The lowest BCUT2D eigenvalue weighted by Crippen LogP contribution is -2.25. The summed E-state index contributed by atoms with van der Waals surface area (Å²) in [4.78, 5) is 4.65. The fourth-order valence-electron chi connectivity index (χ4n) is 4.78. The van der Waals surface area contributed by atoms with E-state index in [1.807, 2.05) is 6.20 Å². The van der Waals surface area contributed by atoms with Gasteiger partial charge in [0, 0.05) is 21.6 Å². The summed E-state index contributed by atoms with van der Waals surface area (Å²) in [5.41, 5.74) is 8.30. The van der Waals surface area contributed by atoms with Crippen LogP contribution in [0.15, 0.2) is 65.3 Å². The highest BCUT2D eigenvalue weighted by Crippen LogP contribution is 2.54. The van der Waals surface area contributed by atoms with Gasteiger partial charge in [-0.3, -0.25) is 4.98 Å². The van der Waals surface area contributed by atoms with Gasteiger partial charge in [-0.1, -0.05) is 75.9 Å². The Bertz CT molecular complexity index is 950. The number of fused-ring (bicyclic) bond motifs is 3. The second kappa shape index (κ2) is 8.21. The molecule has 0 aliphatic heterocycles. The van der Waals surface area contributed by atoms with Gasteiger partial charge in [0.1, 0.15) is 0 Å². The van der Waals surface area contributed by atoms with Gasteiger partial charge in [-0.05, 0) is 69.2 Å². The molecule has 1 aromatic heterocycles. The summed E-state index contributed by atoms with van der Waals surface area (Å²) in [6.45, 7) is 4.61. The Labute approximate surface area is 177 Å². The quantitative estimate of drug-likeness (QED) is 0.366. The van der Waals surface area contributed by atoms with Crippen molar-refractivity contribution in [3.05, 3.63) is 76.4 Å². The molecule has 1 aliphatic carbocycles. The number of unbranched alkanes of at least 4 members (excludes halogenated alkanes) is 2. The summed E-state index contributed by atoms with van der Waals surface area (Å²) in [5, 5.41) is 0. The van der Waals surface area contributed by atoms with E-state index in [-0.39, 0.29) is 5.41 Å². The van der Waals surface area contributed by atoms with Gasteiger partial charge < -0.3 is 0 Å². The molecule has 4 rings (SSSR count). The lowest BCUT2D eigenvalue weighted by molar-refractivity contribution is 0.414. The van der Waals surface area contributed by atoms with Crippen LogP contribution in [0.25, 0.3) is 22.4 Å². The van der Waals surface area contributed by atoms with Gasteiger partial charge in [0.05, 0.1) is 5.69 Å². The van der Waals surface area contributed by atoms with Crippen molar-refractivity contribution in [1.29, 1.82) is 0 Å². The molecule has 1 aliphatic rings. The van der Waals surface area contributed by atoms with Crippen molar-refractivity contribution in [2.75, 3.05) is 0 Å². The zero-order chi connectivity index (χ0) is 19.6. The van der Waals surface area contributed by atoms with Crippen molar-refractivity contribution < 1.29 is 0 Å². The first kappa shape index (κ1) is 19.4. The molecule has 0 N–H and O–H groups in total. The molecule has 144 valence electrons. The molecule has 2 heteroatoms. The molecule has 1 heterocycles. The molecule has 0 spiro atoms. The van der Waals surface area contributed by atoms with E-state index >= 15 is 0 Å². The molecule has 0 atom stereocenters. The van der Waals surface area contributed by atoms with E-state index in [0.717, 1.165) is 10.2 Å². The maximum atomic E-state index is 4.65. The van der Waals surface area contributed by atoms with Crippen LogP contribution in [0, 0.1) is 0 Å². The van der Waals surface area contributed by atoms with Crippen molar-refractivity contribution in [3.63, 3.8) is 0 Å². The van der Waals surface area contributed by atoms with Crippen LogP contribution in [0.3, 0.4) is 0 Å². The maximum Gasteiger partial charge on any atom is 0.0702 e. The van der Waals surface area contributed by atoms with Crippen molar-refractivity contribution >= 4 is 15.9 Å². The van der Waals surface area contributed by atoms with Crippen LogP contribution in [-0.2, 0) is 5.41 Å². The molecule has 2 aromatic carbocycles. The monoisotopic (exact) mass is 433 g/mol. The molecule has 0 fully saturated rings. The molecule has 0 amide bonds. The standard InChI is InChI=1S/C26H28BrN/c1-3-5-15-26(16-6-4-2)23-10-8-7-9-21(23)22-13-11-19(17-24(22)26)25-14-12-20(27)18-28-25/h7-14,17-18H,3-6,15-16H2,1-2H3. The van der Waals surface area contributed by atoms with E-state index < -0.39 is 0 Å². The molecule has 0 radical (unpaired) electrons. The Morgan fingerprint density at radius 2 is 1.54 bits per heavy atom. The summed E-state index contributed by atoms with van der Waals surface area (Å²) >= 11 is 3.50. The third-order valence-electron chi connectivity index (χ3n) is 6.21. The highest BCUT2D eigenvalue weighted by Gasteiger charge is 2.41. The lowest BCUT2D eigenvalue weighted by atomic mass is 9.70. The number of nitrogens with zero attached hydrogens (tertiary/aromatic N) is 1. The Morgan fingerprint density at radius 1 is 0.821 bits per heavy atom. The fraction of sp³-hybridized carbons (Fsp3) is 0.346. The molecule has 28 heavy (non-hydrogen) atoms. The predicted molar refractivity (Wildman–Crippen MR) is 123 cm³/mol. The fourth-order valence-corrected chi connectivity index (χ4v) is 5.02. The van der Waals surface area contributed by atoms with E-state index in [1.54, 1.807) is 0 Å². The number of hydrogen-bond acceptors (Lipinski definition) is 1. The minimum atomic E-state index is 0.142. The second-order valence-corrected chi connectivity index (χ2v) is 8.87. The van der Waals surface area contributed by atoms with Crippen LogP contribution < -0.4 is 0 Å². The van der Waals surface area contributed by atoms with E-state index in [2.05, 4.69) is 89.4 Å². The first-order chi connectivity index (χ1) is 13.7. The number of hydrogen-bond donors (Lipinski definition) is 0. The highest BCUT2D eigenvalue weighted by atomic mass is 79.9. The Balaban J connectivity index is 1.89. The molecular weight excluding hydrogens is 406 g/mol. The average Bonchev–Trinajstić information content (AvgIpc) is 3.01. The van der Waals surface area contributed by atoms with Crippen LogP contribution >= 0.6 is 15.9 Å². The van der Waals surface area contributed by atoms with E-state index in [9.17, 15) is 0 Å². The summed E-state index contributed by atoms with van der Waals surface area (Å²) in [5.74, 6) is 0. The molecule has 0 bridgehead atoms. The number of halogens is 1. The second-order valence-electron chi connectivity index (χ2n) is 7.96. The van der Waals surface area contributed by atoms with Crippen LogP contribution in [0.4, 0.5) is 0 Å². The predicted octanol–water partition coefficient (Wildman–Crippen LogP) is 8.16. The number of aromatic nitrogens is 1. The van der Waals surface area contributed by atoms with Crippen molar-refractivity contribution in [1.82, 2.24) is 4.98 Å². The first-order valence-electron chi connectivity index (χ1n) is 10.6. The van der Waals surface area contributed by atoms with E-state index in [4.69, 9.17) is 0 Å². The van der Waals surface area contributed by atoms with Gasteiger partial charge in [-0.25, -0.2) is 0 Å². The summed E-state index contributed by atoms with van der Waals surface area (Å²) in [7, 11) is 0. The van der Waals surface area contributed by atoms with Crippen molar-refractivity contribution in [3.8, 4) is 22.4 Å². The Kier molecular flexibility index (Phi) is 5.68. The Hall–Kier alpha value is -1.93. The first-order valence-corrected chi connectivity index (χ1v) is 11.3. The lowest BCUT2D eigenvalue weighted by Gasteiger charge is -2.33. The minimum absolute atomic E-state index is 0.142. The van der Waals surface area contributed by atoms with Crippen LogP contribution in [0.5, 0.6) is 0 Å². The molecule has 0 saturated heterocycles. The maximum absolute atomic E-state index is 4.65. The van der Waals surface area contributed by atoms with Gasteiger partial charge >= 0.3 is 0 Å². The molecule has 3 aromatic rings. The highest BCUT2D eigenvalue weighted by molar-refractivity contribution is 9.10. The van der Waals surface area contributed by atoms with E-state index in [1.165, 1.54) is 66.3 Å².